The first-order valence-corrected chi connectivity index (χ1v) is 8.70. The third-order valence-corrected chi connectivity index (χ3v) is 5.89. The molecule has 1 aromatic rings. The number of rotatable bonds is 5. The van der Waals surface area contributed by atoms with Gasteiger partial charge in [0.2, 0.25) is 10.0 Å². The van der Waals surface area contributed by atoms with E-state index >= 15 is 0 Å². The number of hydrogen-bond donors (Lipinski definition) is 1. The molecule has 0 aliphatic carbocycles. The van der Waals surface area contributed by atoms with Crippen molar-refractivity contribution in [2.75, 3.05) is 13.1 Å². The molecule has 2 rings (SSSR count). The zero-order valence-corrected chi connectivity index (χ0v) is 13.1. The summed E-state index contributed by atoms with van der Waals surface area (Å²) in [4.78, 5) is 10.8. The van der Waals surface area contributed by atoms with Crippen molar-refractivity contribution in [2.45, 2.75) is 26.0 Å². The molecule has 1 fully saturated rings. The zero-order valence-electron chi connectivity index (χ0n) is 12.3. The summed E-state index contributed by atoms with van der Waals surface area (Å²) in [7, 11) is -3.33. The van der Waals surface area contributed by atoms with Crippen molar-refractivity contribution >= 4 is 16.0 Å². The van der Waals surface area contributed by atoms with Crippen molar-refractivity contribution in [3.8, 4) is 0 Å². The summed E-state index contributed by atoms with van der Waals surface area (Å²) in [5.41, 5.74) is 0.783. The fourth-order valence-corrected chi connectivity index (χ4v) is 4.19. The Hall–Kier alpha value is -1.40. The Balaban J connectivity index is 2.06. The summed E-state index contributed by atoms with van der Waals surface area (Å²) in [6.07, 6.45) is 0.912. The molecule has 1 unspecified atom stereocenters. The van der Waals surface area contributed by atoms with Crippen LogP contribution in [0.25, 0.3) is 0 Å². The summed E-state index contributed by atoms with van der Waals surface area (Å²) in [5, 5.41) is 8.84. The van der Waals surface area contributed by atoms with Crippen molar-refractivity contribution in [1.29, 1.82) is 0 Å². The zero-order chi connectivity index (χ0) is 15.6. The fraction of sp³-hybridized carbons (Fsp3) is 0.533. The van der Waals surface area contributed by atoms with Crippen LogP contribution in [0.1, 0.15) is 36.2 Å². The quantitative estimate of drug-likeness (QED) is 0.904. The van der Waals surface area contributed by atoms with Crippen LogP contribution in [0.3, 0.4) is 0 Å². The van der Waals surface area contributed by atoms with Crippen LogP contribution in [0, 0.1) is 11.8 Å². The molecular formula is C15H21NO4S. The molecule has 5 nitrogen and oxygen atoms in total. The molecule has 1 saturated heterocycles. The third kappa shape index (κ3) is 3.83. The van der Waals surface area contributed by atoms with Crippen molar-refractivity contribution in [3.05, 3.63) is 35.4 Å². The lowest BCUT2D eigenvalue weighted by molar-refractivity contribution is 0.0697. The monoisotopic (exact) mass is 311 g/mol. The number of carbonyl (C=O) groups is 1. The van der Waals surface area contributed by atoms with Crippen LogP contribution in [0.15, 0.2) is 24.3 Å². The van der Waals surface area contributed by atoms with E-state index in [0.29, 0.717) is 30.5 Å². The maximum atomic E-state index is 12.4. The van der Waals surface area contributed by atoms with Gasteiger partial charge in [-0.25, -0.2) is 17.5 Å². The van der Waals surface area contributed by atoms with Crippen LogP contribution in [0.4, 0.5) is 0 Å². The highest BCUT2D eigenvalue weighted by molar-refractivity contribution is 7.88. The standard InChI is InChI=1S/C15H21NO4S/c1-11(2)14-7-8-16(9-14)21(19,20)10-12-3-5-13(6-4-12)15(17)18/h3-6,11,14H,7-10H2,1-2H3,(H,17,18). The second kappa shape index (κ2) is 6.15. The lowest BCUT2D eigenvalue weighted by atomic mass is 9.96. The normalized spacial score (nSPS) is 20.0. The van der Waals surface area contributed by atoms with E-state index in [1.807, 2.05) is 0 Å². The van der Waals surface area contributed by atoms with Gasteiger partial charge in [0, 0.05) is 13.1 Å². The van der Waals surface area contributed by atoms with E-state index in [4.69, 9.17) is 5.11 Å². The largest absolute Gasteiger partial charge is 0.478 e. The second-order valence-corrected chi connectivity index (χ2v) is 7.88. The smallest absolute Gasteiger partial charge is 0.335 e. The molecule has 0 aromatic heterocycles. The first kappa shape index (κ1) is 16.0. The van der Waals surface area contributed by atoms with Crippen molar-refractivity contribution < 1.29 is 18.3 Å². The third-order valence-electron chi connectivity index (χ3n) is 4.07. The van der Waals surface area contributed by atoms with E-state index < -0.39 is 16.0 Å². The molecule has 21 heavy (non-hydrogen) atoms. The molecule has 1 aliphatic rings. The van der Waals surface area contributed by atoms with Crippen molar-refractivity contribution in [2.24, 2.45) is 11.8 Å². The number of aromatic carboxylic acids is 1. The fourth-order valence-electron chi connectivity index (χ4n) is 2.60. The molecule has 1 N–H and O–H groups in total. The van der Waals surface area contributed by atoms with Crippen LogP contribution in [-0.2, 0) is 15.8 Å². The van der Waals surface area contributed by atoms with E-state index in [1.54, 1.807) is 16.4 Å². The minimum atomic E-state index is -3.33. The molecule has 6 heteroatoms. The molecule has 1 aliphatic heterocycles. The van der Waals surface area contributed by atoms with E-state index in [9.17, 15) is 13.2 Å². The average molecular weight is 311 g/mol. The predicted octanol–water partition coefficient (Wildman–Crippen LogP) is 2.19. The molecule has 1 atom stereocenters. The molecule has 0 amide bonds. The Kier molecular flexibility index (Phi) is 4.68. The van der Waals surface area contributed by atoms with E-state index in [0.717, 1.165) is 6.42 Å². The van der Waals surface area contributed by atoms with E-state index in [-0.39, 0.29) is 11.3 Å². The van der Waals surface area contributed by atoms with Gasteiger partial charge in [0.15, 0.2) is 0 Å². The van der Waals surface area contributed by atoms with Gasteiger partial charge in [-0.15, -0.1) is 0 Å². The minimum Gasteiger partial charge on any atom is -0.478 e. The second-order valence-electron chi connectivity index (χ2n) is 5.91. The van der Waals surface area contributed by atoms with Gasteiger partial charge in [0.05, 0.1) is 11.3 Å². The summed E-state index contributed by atoms with van der Waals surface area (Å²) in [6, 6.07) is 6.01. The highest BCUT2D eigenvalue weighted by Gasteiger charge is 2.32. The maximum Gasteiger partial charge on any atom is 0.335 e. The number of hydrogen-bond acceptors (Lipinski definition) is 3. The highest BCUT2D eigenvalue weighted by Crippen LogP contribution is 2.26. The van der Waals surface area contributed by atoms with Gasteiger partial charge in [0.25, 0.3) is 0 Å². The van der Waals surface area contributed by atoms with Crippen LogP contribution in [-0.4, -0.2) is 36.9 Å². The molecule has 0 spiro atoms. The van der Waals surface area contributed by atoms with Gasteiger partial charge < -0.3 is 5.11 Å². The van der Waals surface area contributed by atoms with Gasteiger partial charge >= 0.3 is 5.97 Å². The summed E-state index contributed by atoms with van der Waals surface area (Å²) in [5.74, 6) is -0.171. The lowest BCUT2D eigenvalue weighted by Crippen LogP contribution is -2.30. The Morgan fingerprint density at radius 1 is 1.33 bits per heavy atom. The minimum absolute atomic E-state index is 0.0717. The Morgan fingerprint density at radius 3 is 2.43 bits per heavy atom. The lowest BCUT2D eigenvalue weighted by Gasteiger charge is -2.18. The average Bonchev–Trinajstić information content (AvgIpc) is 2.89. The number of benzene rings is 1. The Bertz CT molecular complexity index is 607. The van der Waals surface area contributed by atoms with E-state index in [2.05, 4.69) is 13.8 Å². The first-order valence-electron chi connectivity index (χ1n) is 7.09. The summed E-state index contributed by atoms with van der Waals surface area (Å²) >= 11 is 0. The van der Waals surface area contributed by atoms with Gasteiger partial charge in [-0.2, -0.15) is 0 Å². The Labute approximate surface area is 125 Å². The summed E-state index contributed by atoms with van der Waals surface area (Å²) in [6.45, 7) is 5.41. The Morgan fingerprint density at radius 2 is 1.95 bits per heavy atom. The van der Waals surface area contributed by atoms with Gasteiger partial charge in [-0.3, -0.25) is 0 Å². The molecular weight excluding hydrogens is 290 g/mol. The number of sulfonamides is 1. The molecule has 1 aromatic carbocycles. The topological polar surface area (TPSA) is 74.7 Å². The number of nitrogens with zero attached hydrogens (tertiary/aromatic N) is 1. The molecule has 116 valence electrons. The highest BCUT2D eigenvalue weighted by atomic mass is 32.2. The SMILES string of the molecule is CC(C)C1CCN(S(=O)(=O)Cc2ccc(C(=O)O)cc2)C1. The molecule has 1 heterocycles. The van der Waals surface area contributed by atoms with Crippen molar-refractivity contribution in [1.82, 2.24) is 4.31 Å². The van der Waals surface area contributed by atoms with Crippen molar-refractivity contribution in [3.63, 3.8) is 0 Å². The molecule has 0 radical (unpaired) electrons. The maximum absolute atomic E-state index is 12.4. The molecule has 0 bridgehead atoms. The number of carboxylic acids is 1. The van der Waals surface area contributed by atoms with Gasteiger partial charge in [-0.1, -0.05) is 26.0 Å². The van der Waals surface area contributed by atoms with Crippen LogP contribution < -0.4 is 0 Å². The van der Waals surface area contributed by atoms with Gasteiger partial charge in [-0.05, 0) is 36.0 Å². The van der Waals surface area contributed by atoms with Crippen LogP contribution in [0.5, 0.6) is 0 Å². The predicted molar refractivity (Wildman–Crippen MR) is 80.5 cm³/mol. The molecule has 0 saturated carbocycles. The van der Waals surface area contributed by atoms with Crippen LogP contribution in [0.2, 0.25) is 0 Å². The summed E-state index contributed by atoms with van der Waals surface area (Å²) < 4.78 is 26.4. The number of carboxylic acid groups (broad SMARTS) is 1. The van der Waals surface area contributed by atoms with E-state index in [1.165, 1.54) is 12.1 Å². The van der Waals surface area contributed by atoms with Gasteiger partial charge in [0.1, 0.15) is 0 Å². The van der Waals surface area contributed by atoms with Crippen LogP contribution >= 0.6 is 0 Å². The first-order chi connectivity index (χ1) is 9.79.